The first-order valence-corrected chi connectivity index (χ1v) is 4.06. The van der Waals surface area contributed by atoms with Crippen LogP contribution in [-0.4, -0.2) is 17.4 Å². The molecule has 0 rings (SSSR count). The molecule has 0 unspecified atom stereocenters. The van der Waals surface area contributed by atoms with Crippen LogP contribution in [-0.2, 0) is 9.59 Å². The number of ketones is 2. The Labute approximate surface area is 71.9 Å². The molecule has 0 fully saturated rings. The van der Waals surface area contributed by atoms with Gasteiger partial charge in [-0.15, -0.1) is 11.6 Å². The van der Waals surface area contributed by atoms with Crippen LogP contribution < -0.4 is 0 Å². The molecule has 0 aliphatic heterocycles. The molecule has 64 valence electrons. The Kier molecular flexibility index (Phi) is 3.73. The highest BCUT2D eigenvalue weighted by Gasteiger charge is 2.26. The van der Waals surface area contributed by atoms with Crippen molar-refractivity contribution in [1.29, 1.82) is 0 Å². The minimum absolute atomic E-state index is 0.150. The van der Waals surface area contributed by atoms with E-state index in [4.69, 9.17) is 11.6 Å². The molecule has 0 amide bonds. The van der Waals surface area contributed by atoms with E-state index in [1.54, 1.807) is 20.8 Å². The van der Waals surface area contributed by atoms with Gasteiger partial charge < -0.3 is 0 Å². The summed E-state index contributed by atoms with van der Waals surface area (Å²) in [6.45, 7) is 5.17. The summed E-state index contributed by atoms with van der Waals surface area (Å²) in [4.78, 5) is 22.1. The van der Waals surface area contributed by atoms with Gasteiger partial charge in [-0.25, -0.2) is 0 Å². The Morgan fingerprint density at radius 2 is 1.73 bits per heavy atom. The van der Waals surface area contributed by atoms with Crippen LogP contribution >= 0.6 is 11.6 Å². The monoisotopic (exact) mass is 176 g/mol. The molecule has 0 heterocycles. The molecule has 0 aliphatic carbocycles. The molecule has 0 atom stereocenters. The topological polar surface area (TPSA) is 34.1 Å². The van der Waals surface area contributed by atoms with E-state index >= 15 is 0 Å². The smallest absolute Gasteiger partial charge is 0.203 e. The zero-order chi connectivity index (χ0) is 9.07. The highest BCUT2D eigenvalue weighted by atomic mass is 35.5. The Balaban J connectivity index is 4.15. The summed E-state index contributed by atoms with van der Waals surface area (Å²) in [5.74, 6) is -0.480. The van der Waals surface area contributed by atoms with Crippen molar-refractivity contribution >= 4 is 23.2 Å². The van der Waals surface area contributed by atoms with E-state index in [1.807, 2.05) is 0 Å². The first-order valence-electron chi connectivity index (χ1n) is 3.53. The van der Waals surface area contributed by atoms with Gasteiger partial charge in [0.25, 0.3) is 0 Å². The van der Waals surface area contributed by atoms with Crippen LogP contribution in [0.25, 0.3) is 0 Å². The van der Waals surface area contributed by atoms with Crippen LogP contribution in [0.15, 0.2) is 0 Å². The largest absolute Gasteiger partial charge is 0.291 e. The SMILES string of the molecule is CC(C)(C)C(=O)C(=O)CCCl. The third kappa shape index (κ3) is 3.51. The van der Waals surface area contributed by atoms with Gasteiger partial charge in [0, 0.05) is 17.7 Å². The zero-order valence-electron chi connectivity index (χ0n) is 7.11. The number of Topliss-reactive ketones (excluding diaryl/α,β-unsaturated/α-hetero) is 2. The molecule has 11 heavy (non-hydrogen) atoms. The van der Waals surface area contributed by atoms with Gasteiger partial charge in [-0.1, -0.05) is 20.8 Å². The summed E-state index contributed by atoms with van der Waals surface area (Å²) in [5.41, 5.74) is -0.566. The third-order valence-corrected chi connectivity index (χ3v) is 1.44. The number of rotatable bonds is 3. The van der Waals surface area contributed by atoms with Gasteiger partial charge in [0.15, 0.2) is 5.78 Å². The molecule has 0 saturated carbocycles. The van der Waals surface area contributed by atoms with Gasteiger partial charge in [-0.2, -0.15) is 0 Å². The number of hydrogen-bond acceptors (Lipinski definition) is 2. The fraction of sp³-hybridized carbons (Fsp3) is 0.750. The number of carbonyl (C=O) groups excluding carboxylic acids is 2. The maximum Gasteiger partial charge on any atom is 0.203 e. The fourth-order valence-corrected chi connectivity index (χ4v) is 0.789. The van der Waals surface area contributed by atoms with Crippen molar-refractivity contribution in [3.8, 4) is 0 Å². The number of carbonyl (C=O) groups is 2. The predicted octanol–water partition coefficient (Wildman–Crippen LogP) is 1.80. The van der Waals surface area contributed by atoms with Crippen molar-refractivity contribution in [3.63, 3.8) is 0 Å². The summed E-state index contributed by atoms with van der Waals surface area (Å²) in [6, 6.07) is 0. The third-order valence-electron chi connectivity index (χ3n) is 1.26. The normalized spacial score (nSPS) is 11.3. The van der Waals surface area contributed by atoms with Gasteiger partial charge in [0.2, 0.25) is 5.78 Å². The van der Waals surface area contributed by atoms with Crippen LogP contribution in [0, 0.1) is 5.41 Å². The van der Waals surface area contributed by atoms with Crippen LogP contribution in [0.4, 0.5) is 0 Å². The second-order valence-corrected chi connectivity index (χ2v) is 3.82. The van der Waals surface area contributed by atoms with Gasteiger partial charge in [0.1, 0.15) is 0 Å². The maximum atomic E-state index is 11.1. The minimum atomic E-state index is -0.566. The van der Waals surface area contributed by atoms with E-state index in [-0.39, 0.29) is 23.9 Å². The molecule has 0 saturated heterocycles. The summed E-state index contributed by atoms with van der Waals surface area (Å²) in [6.07, 6.45) is 0.150. The fourth-order valence-electron chi connectivity index (χ4n) is 0.618. The van der Waals surface area contributed by atoms with Crippen LogP contribution in [0.5, 0.6) is 0 Å². The molecule has 0 aromatic carbocycles. The molecule has 0 aliphatic rings. The lowest BCUT2D eigenvalue weighted by molar-refractivity contribution is -0.141. The summed E-state index contributed by atoms with van der Waals surface area (Å²) < 4.78 is 0. The van der Waals surface area contributed by atoms with Crippen LogP contribution in [0.3, 0.4) is 0 Å². The molecular weight excluding hydrogens is 164 g/mol. The molecule has 0 bridgehead atoms. The maximum absolute atomic E-state index is 11.1. The first kappa shape index (κ1) is 10.6. The van der Waals surface area contributed by atoms with Crippen molar-refractivity contribution in [2.24, 2.45) is 5.41 Å². The molecule has 0 aromatic rings. The van der Waals surface area contributed by atoms with Crippen LogP contribution in [0.1, 0.15) is 27.2 Å². The average molecular weight is 177 g/mol. The lowest BCUT2D eigenvalue weighted by Crippen LogP contribution is -2.28. The Bertz CT molecular complexity index is 167. The summed E-state index contributed by atoms with van der Waals surface area (Å²) in [7, 11) is 0. The average Bonchev–Trinajstić information content (AvgIpc) is 1.85. The van der Waals surface area contributed by atoms with Crippen molar-refractivity contribution in [3.05, 3.63) is 0 Å². The minimum Gasteiger partial charge on any atom is -0.291 e. The first-order chi connectivity index (χ1) is 4.89. The highest BCUT2D eigenvalue weighted by Crippen LogP contribution is 2.15. The molecule has 0 N–H and O–H groups in total. The Morgan fingerprint density at radius 3 is 2.00 bits per heavy atom. The number of halogens is 1. The van der Waals surface area contributed by atoms with E-state index in [0.29, 0.717) is 0 Å². The zero-order valence-corrected chi connectivity index (χ0v) is 7.86. The summed E-state index contributed by atoms with van der Waals surface area (Å²) >= 11 is 5.32. The molecule has 0 radical (unpaired) electrons. The van der Waals surface area contributed by atoms with E-state index in [1.165, 1.54) is 0 Å². The lowest BCUT2D eigenvalue weighted by Gasteiger charge is -2.14. The van der Waals surface area contributed by atoms with Crippen molar-refractivity contribution < 1.29 is 9.59 Å². The molecular formula is C8H13ClO2. The quantitative estimate of drug-likeness (QED) is 0.486. The molecule has 0 aromatic heterocycles. The van der Waals surface area contributed by atoms with Gasteiger partial charge >= 0.3 is 0 Å². The van der Waals surface area contributed by atoms with Crippen molar-refractivity contribution in [1.82, 2.24) is 0 Å². The van der Waals surface area contributed by atoms with E-state index in [9.17, 15) is 9.59 Å². The van der Waals surface area contributed by atoms with E-state index < -0.39 is 5.41 Å². The second kappa shape index (κ2) is 3.86. The van der Waals surface area contributed by atoms with Crippen LogP contribution in [0.2, 0.25) is 0 Å². The molecule has 0 spiro atoms. The Morgan fingerprint density at radius 1 is 1.27 bits per heavy atom. The Hall–Kier alpha value is -0.370. The molecule has 3 heteroatoms. The van der Waals surface area contributed by atoms with Gasteiger partial charge in [-0.05, 0) is 0 Å². The van der Waals surface area contributed by atoms with Gasteiger partial charge in [-0.3, -0.25) is 9.59 Å². The number of hydrogen-bond donors (Lipinski definition) is 0. The molecule has 2 nitrogen and oxygen atoms in total. The summed E-state index contributed by atoms with van der Waals surface area (Å²) in [5, 5.41) is 0. The number of alkyl halides is 1. The lowest BCUT2D eigenvalue weighted by atomic mass is 9.88. The van der Waals surface area contributed by atoms with Gasteiger partial charge in [0.05, 0.1) is 0 Å². The highest BCUT2D eigenvalue weighted by molar-refractivity contribution is 6.39. The van der Waals surface area contributed by atoms with Crippen molar-refractivity contribution in [2.45, 2.75) is 27.2 Å². The van der Waals surface area contributed by atoms with E-state index in [2.05, 4.69) is 0 Å². The second-order valence-electron chi connectivity index (χ2n) is 3.44. The van der Waals surface area contributed by atoms with E-state index in [0.717, 1.165) is 0 Å². The predicted molar refractivity (Wildman–Crippen MR) is 44.8 cm³/mol. The van der Waals surface area contributed by atoms with Crippen molar-refractivity contribution in [2.75, 3.05) is 5.88 Å². The standard InChI is InChI=1S/C8H13ClO2/c1-8(2,3)7(11)6(10)4-5-9/h4-5H2,1-3H3.